The van der Waals surface area contributed by atoms with Gasteiger partial charge in [0.1, 0.15) is 0 Å². The fraction of sp³-hybridized carbons (Fsp3) is 1.00. The summed E-state index contributed by atoms with van der Waals surface area (Å²) in [5.41, 5.74) is 0. The first-order chi connectivity index (χ1) is 9.43. The molecule has 19 heavy (non-hydrogen) atoms. The van der Waals surface area contributed by atoms with Gasteiger partial charge in [0.2, 0.25) is 0 Å². The van der Waals surface area contributed by atoms with E-state index < -0.39 is 0 Å². The van der Waals surface area contributed by atoms with E-state index in [0.717, 1.165) is 13.2 Å². The highest BCUT2D eigenvalue weighted by Crippen LogP contribution is 2.11. The van der Waals surface area contributed by atoms with E-state index in [1.807, 2.05) is 0 Å². The molecular weight excluding hydrogens is 234 g/mol. The van der Waals surface area contributed by atoms with Gasteiger partial charge in [0.25, 0.3) is 0 Å². The summed E-state index contributed by atoms with van der Waals surface area (Å²) in [4.78, 5) is 0. The van der Waals surface area contributed by atoms with Crippen LogP contribution in [-0.4, -0.2) is 25.8 Å². The molecule has 0 amide bonds. The van der Waals surface area contributed by atoms with E-state index in [9.17, 15) is 0 Å². The fourth-order valence-corrected chi connectivity index (χ4v) is 2.54. The second kappa shape index (κ2) is 12.9. The Morgan fingerprint density at radius 3 is 1.74 bits per heavy atom. The second-order valence-electron chi connectivity index (χ2n) is 6.05. The van der Waals surface area contributed by atoms with Crippen LogP contribution in [0.4, 0.5) is 0 Å². The smallest absolute Gasteiger partial charge is 0.0933 e. The highest BCUT2D eigenvalue weighted by Gasteiger charge is 2.20. The molecule has 1 fully saturated rings. The van der Waals surface area contributed by atoms with Crippen LogP contribution in [0.15, 0.2) is 0 Å². The van der Waals surface area contributed by atoms with Gasteiger partial charge in [-0.25, -0.2) is 0 Å². The van der Waals surface area contributed by atoms with Crippen molar-refractivity contribution in [2.24, 2.45) is 0 Å². The lowest BCUT2D eigenvalue weighted by atomic mass is 10.1. The van der Waals surface area contributed by atoms with Crippen molar-refractivity contribution in [1.82, 2.24) is 5.32 Å². The quantitative estimate of drug-likeness (QED) is 0.345. The molecule has 0 aliphatic carbocycles. The Balaban J connectivity index is 1.60. The predicted octanol–water partition coefficient (Wildman–Crippen LogP) is 4.68. The summed E-state index contributed by atoms with van der Waals surface area (Å²) in [6.07, 6.45) is 17.7. The van der Waals surface area contributed by atoms with Crippen LogP contribution in [0.5, 0.6) is 0 Å². The molecule has 0 radical (unpaired) electrons. The van der Waals surface area contributed by atoms with Crippen molar-refractivity contribution in [3.63, 3.8) is 0 Å². The maximum Gasteiger partial charge on any atom is 0.0933 e. The number of hydrogen-bond donors (Lipinski definition) is 1. The van der Waals surface area contributed by atoms with Gasteiger partial charge in [-0.05, 0) is 13.0 Å². The maximum absolute atomic E-state index is 5.16. The molecule has 1 N–H and O–H groups in total. The van der Waals surface area contributed by atoms with Crippen LogP contribution in [0, 0.1) is 0 Å². The van der Waals surface area contributed by atoms with Crippen molar-refractivity contribution in [1.29, 1.82) is 0 Å². The SMILES string of the molecule is CCCCCCCCCCCCCCNCC1CO1. The molecule has 1 aliphatic rings. The lowest BCUT2D eigenvalue weighted by molar-refractivity contribution is 0.395. The monoisotopic (exact) mass is 269 g/mol. The molecule has 114 valence electrons. The number of ether oxygens (including phenoxy) is 1. The average Bonchev–Trinajstić information content (AvgIpc) is 3.23. The lowest BCUT2D eigenvalue weighted by Gasteiger charge is -2.03. The van der Waals surface area contributed by atoms with Crippen molar-refractivity contribution in [2.45, 2.75) is 90.1 Å². The maximum atomic E-state index is 5.16. The van der Waals surface area contributed by atoms with Crippen LogP contribution in [0.25, 0.3) is 0 Å². The molecule has 0 aromatic heterocycles. The molecular formula is C17H35NO. The van der Waals surface area contributed by atoms with Gasteiger partial charge in [-0.1, -0.05) is 77.6 Å². The first-order valence-corrected chi connectivity index (χ1v) is 8.76. The van der Waals surface area contributed by atoms with Crippen molar-refractivity contribution in [3.05, 3.63) is 0 Å². The summed E-state index contributed by atoms with van der Waals surface area (Å²) in [7, 11) is 0. The molecule has 0 saturated carbocycles. The summed E-state index contributed by atoms with van der Waals surface area (Å²) >= 11 is 0. The molecule has 2 heteroatoms. The third-order valence-electron chi connectivity index (χ3n) is 3.98. The summed E-state index contributed by atoms with van der Waals surface area (Å²) in [5.74, 6) is 0. The highest BCUT2D eigenvalue weighted by molar-refractivity contribution is 4.71. The van der Waals surface area contributed by atoms with Gasteiger partial charge in [0.05, 0.1) is 12.7 Å². The zero-order chi connectivity index (χ0) is 13.6. The normalized spacial score (nSPS) is 17.8. The van der Waals surface area contributed by atoms with Gasteiger partial charge < -0.3 is 10.1 Å². The van der Waals surface area contributed by atoms with E-state index >= 15 is 0 Å². The largest absolute Gasteiger partial charge is 0.372 e. The molecule has 0 aromatic carbocycles. The van der Waals surface area contributed by atoms with E-state index in [1.165, 1.54) is 83.6 Å². The molecule has 1 atom stereocenters. The van der Waals surface area contributed by atoms with Crippen molar-refractivity contribution >= 4 is 0 Å². The number of rotatable bonds is 15. The Morgan fingerprint density at radius 1 is 0.789 bits per heavy atom. The number of hydrogen-bond acceptors (Lipinski definition) is 2. The van der Waals surface area contributed by atoms with Crippen LogP contribution in [0.3, 0.4) is 0 Å². The van der Waals surface area contributed by atoms with Crippen LogP contribution in [0.2, 0.25) is 0 Å². The molecule has 1 heterocycles. The summed E-state index contributed by atoms with van der Waals surface area (Å²) in [6.45, 7) is 5.51. The van der Waals surface area contributed by atoms with E-state index in [4.69, 9.17) is 4.74 Å². The van der Waals surface area contributed by atoms with Crippen molar-refractivity contribution < 1.29 is 4.74 Å². The molecule has 2 nitrogen and oxygen atoms in total. The van der Waals surface area contributed by atoms with E-state index in [0.29, 0.717) is 6.10 Å². The summed E-state index contributed by atoms with van der Waals surface area (Å²) in [5, 5.41) is 3.46. The van der Waals surface area contributed by atoms with Gasteiger partial charge in [0.15, 0.2) is 0 Å². The zero-order valence-electron chi connectivity index (χ0n) is 13.1. The number of nitrogens with one attached hydrogen (secondary N) is 1. The van der Waals surface area contributed by atoms with Crippen molar-refractivity contribution in [3.8, 4) is 0 Å². The standard InChI is InChI=1S/C17H35NO/c1-2-3-4-5-6-7-8-9-10-11-12-13-14-18-15-17-16-19-17/h17-18H,2-16H2,1H3. The van der Waals surface area contributed by atoms with Crippen LogP contribution in [0.1, 0.15) is 84.0 Å². The Hall–Kier alpha value is -0.0800. The molecule has 1 rings (SSSR count). The Labute approximate surface area is 120 Å². The highest BCUT2D eigenvalue weighted by atomic mass is 16.6. The fourth-order valence-electron chi connectivity index (χ4n) is 2.54. The van der Waals surface area contributed by atoms with Gasteiger partial charge in [-0.3, -0.25) is 0 Å². The van der Waals surface area contributed by atoms with E-state index in [1.54, 1.807) is 0 Å². The van der Waals surface area contributed by atoms with Gasteiger partial charge in [-0.15, -0.1) is 0 Å². The minimum Gasteiger partial charge on any atom is -0.372 e. The van der Waals surface area contributed by atoms with Gasteiger partial charge in [-0.2, -0.15) is 0 Å². The van der Waals surface area contributed by atoms with Crippen LogP contribution < -0.4 is 5.32 Å². The van der Waals surface area contributed by atoms with Crippen molar-refractivity contribution in [2.75, 3.05) is 19.7 Å². The van der Waals surface area contributed by atoms with Crippen LogP contribution in [-0.2, 0) is 4.74 Å². The van der Waals surface area contributed by atoms with E-state index in [2.05, 4.69) is 12.2 Å². The minimum absolute atomic E-state index is 0.539. The second-order valence-corrected chi connectivity index (χ2v) is 6.05. The Morgan fingerprint density at radius 2 is 1.26 bits per heavy atom. The lowest BCUT2D eigenvalue weighted by Crippen LogP contribution is -2.20. The van der Waals surface area contributed by atoms with Gasteiger partial charge in [0, 0.05) is 6.54 Å². The van der Waals surface area contributed by atoms with Gasteiger partial charge >= 0.3 is 0 Å². The predicted molar refractivity (Wildman–Crippen MR) is 83.7 cm³/mol. The molecule has 1 aliphatic heterocycles. The summed E-state index contributed by atoms with van der Waals surface area (Å²) < 4.78 is 5.16. The number of unbranched alkanes of at least 4 members (excludes halogenated alkanes) is 11. The summed E-state index contributed by atoms with van der Waals surface area (Å²) in [6, 6.07) is 0. The topological polar surface area (TPSA) is 24.6 Å². The average molecular weight is 269 g/mol. The number of epoxide rings is 1. The molecule has 0 aromatic rings. The first kappa shape index (κ1) is 17.0. The molecule has 0 spiro atoms. The third-order valence-corrected chi connectivity index (χ3v) is 3.98. The molecule has 1 unspecified atom stereocenters. The first-order valence-electron chi connectivity index (χ1n) is 8.76. The van der Waals surface area contributed by atoms with Crippen LogP contribution >= 0.6 is 0 Å². The molecule has 0 bridgehead atoms. The Kier molecular flexibility index (Phi) is 11.5. The zero-order valence-corrected chi connectivity index (χ0v) is 13.1. The third kappa shape index (κ3) is 12.7. The Bertz CT molecular complexity index is 180. The van der Waals surface area contributed by atoms with E-state index in [-0.39, 0.29) is 0 Å². The minimum atomic E-state index is 0.539. The molecule has 1 saturated heterocycles.